The highest BCUT2D eigenvalue weighted by molar-refractivity contribution is 5.99. The zero-order chi connectivity index (χ0) is 15.9. The highest BCUT2D eigenvalue weighted by Crippen LogP contribution is 2.19. The van der Waals surface area contributed by atoms with Gasteiger partial charge in [-0.3, -0.25) is 14.9 Å². The number of rotatable bonds is 6. The molecule has 22 heavy (non-hydrogen) atoms. The van der Waals surface area contributed by atoms with Crippen LogP contribution in [0.2, 0.25) is 0 Å². The van der Waals surface area contributed by atoms with Gasteiger partial charge in [0.1, 0.15) is 0 Å². The number of carbonyl (C=O) groups excluding carboxylic acids is 1. The SMILES string of the molecule is Nc1ccc([N+](=O)[O-])cc1C(=O)NCCOC1CCCCO1. The van der Waals surface area contributed by atoms with Crippen LogP contribution in [0.5, 0.6) is 0 Å². The molecule has 0 spiro atoms. The smallest absolute Gasteiger partial charge is 0.270 e. The number of ether oxygens (including phenoxy) is 2. The van der Waals surface area contributed by atoms with Crippen LogP contribution >= 0.6 is 0 Å². The van der Waals surface area contributed by atoms with E-state index >= 15 is 0 Å². The molecular formula is C14H19N3O5. The molecule has 1 fully saturated rings. The van der Waals surface area contributed by atoms with Gasteiger partial charge in [0, 0.05) is 31.0 Å². The van der Waals surface area contributed by atoms with Crippen molar-refractivity contribution in [2.24, 2.45) is 0 Å². The minimum Gasteiger partial charge on any atom is -0.398 e. The molecule has 1 saturated heterocycles. The minimum absolute atomic E-state index is 0.0862. The number of anilines is 1. The van der Waals surface area contributed by atoms with Crippen LogP contribution < -0.4 is 11.1 Å². The number of hydrogen-bond donors (Lipinski definition) is 2. The van der Waals surface area contributed by atoms with E-state index in [0.29, 0.717) is 13.2 Å². The summed E-state index contributed by atoms with van der Waals surface area (Å²) in [5.74, 6) is -0.464. The molecule has 1 amide bonds. The Morgan fingerprint density at radius 2 is 2.32 bits per heavy atom. The van der Waals surface area contributed by atoms with Crippen LogP contribution in [0, 0.1) is 10.1 Å². The molecule has 1 aromatic rings. The number of nitrogens with zero attached hydrogens (tertiary/aromatic N) is 1. The second-order valence-electron chi connectivity index (χ2n) is 4.95. The Kier molecular flexibility index (Phi) is 5.68. The molecule has 0 saturated carbocycles. The number of nitrogens with two attached hydrogens (primary N) is 1. The number of non-ortho nitro benzene ring substituents is 1. The third-order valence-corrected chi connectivity index (χ3v) is 3.32. The van der Waals surface area contributed by atoms with Crippen molar-refractivity contribution >= 4 is 17.3 Å². The van der Waals surface area contributed by atoms with Crippen molar-refractivity contribution < 1.29 is 19.2 Å². The average molecular weight is 309 g/mol. The van der Waals surface area contributed by atoms with Gasteiger partial charge < -0.3 is 20.5 Å². The molecule has 0 aromatic heterocycles. The number of nitro benzene ring substituents is 1. The van der Waals surface area contributed by atoms with Crippen LogP contribution in [-0.2, 0) is 9.47 Å². The third kappa shape index (κ3) is 4.40. The summed E-state index contributed by atoms with van der Waals surface area (Å²) >= 11 is 0. The number of nitrogen functional groups attached to an aromatic ring is 1. The molecule has 8 heteroatoms. The predicted octanol–water partition coefficient (Wildman–Crippen LogP) is 1.45. The maximum absolute atomic E-state index is 12.0. The molecule has 0 aliphatic carbocycles. The summed E-state index contributed by atoms with van der Waals surface area (Å²) < 4.78 is 10.9. The summed E-state index contributed by atoms with van der Waals surface area (Å²) in [4.78, 5) is 22.1. The number of nitrogens with one attached hydrogen (secondary N) is 1. The summed E-state index contributed by atoms with van der Waals surface area (Å²) in [7, 11) is 0. The van der Waals surface area contributed by atoms with Crippen LogP contribution in [0.25, 0.3) is 0 Å². The fraction of sp³-hybridized carbons (Fsp3) is 0.500. The lowest BCUT2D eigenvalue weighted by atomic mass is 10.1. The molecule has 8 nitrogen and oxygen atoms in total. The van der Waals surface area contributed by atoms with E-state index in [4.69, 9.17) is 15.2 Å². The highest BCUT2D eigenvalue weighted by Gasteiger charge is 2.16. The minimum atomic E-state index is -0.570. The van der Waals surface area contributed by atoms with Crippen LogP contribution in [0.1, 0.15) is 29.6 Å². The Morgan fingerprint density at radius 3 is 3.00 bits per heavy atom. The molecular weight excluding hydrogens is 290 g/mol. The summed E-state index contributed by atoms with van der Waals surface area (Å²) in [6.07, 6.45) is 2.75. The lowest BCUT2D eigenvalue weighted by Gasteiger charge is -2.22. The van der Waals surface area contributed by atoms with E-state index in [1.165, 1.54) is 12.1 Å². The Hall–Kier alpha value is -2.19. The molecule has 1 unspecified atom stereocenters. The van der Waals surface area contributed by atoms with Gasteiger partial charge in [0.05, 0.1) is 17.1 Å². The predicted molar refractivity (Wildman–Crippen MR) is 79.4 cm³/mol. The normalized spacial score (nSPS) is 17.9. The number of benzene rings is 1. The van der Waals surface area contributed by atoms with Gasteiger partial charge in [0.15, 0.2) is 6.29 Å². The largest absolute Gasteiger partial charge is 0.398 e. The maximum atomic E-state index is 12.0. The van der Waals surface area contributed by atoms with Gasteiger partial charge in [-0.15, -0.1) is 0 Å². The molecule has 120 valence electrons. The van der Waals surface area contributed by atoms with Crippen LogP contribution in [0.15, 0.2) is 18.2 Å². The van der Waals surface area contributed by atoms with E-state index in [2.05, 4.69) is 5.32 Å². The Bertz CT molecular complexity index is 543. The van der Waals surface area contributed by atoms with Crippen molar-refractivity contribution in [1.82, 2.24) is 5.32 Å². The van der Waals surface area contributed by atoms with Gasteiger partial charge in [-0.1, -0.05) is 0 Å². The molecule has 1 atom stereocenters. The first-order valence-electron chi connectivity index (χ1n) is 7.13. The van der Waals surface area contributed by atoms with Crippen molar-refractivity contribution in [3.63, 3.8) is 0 Å². The van der Waals surface area contributed by atoms with Gasteiger partial charge >= 0.3 is 0 Å². The Labute approximate surface area is 127 Å². The van der Waals surface area contributed by atoms with Gasteiger partial charge in [-0.25, -0.2) is 0 Å². The molecule has 0 bridgehead atoms. The molecule has 1 aromatic carbocycles. The monoisotopic (exact) mass is 309 g/mol. The second-order valence-corrected chi connectivity index (χ2v) is 4.95. The number of nitro groups is 1. The first-order valence-corrected chi connectivity index (χ1v) is 7.13. The van der Waals surface area contributed by atoms with E-state index in [1.54, 1.807) is 0 Å². The first-order chi connectivity index (χ1) is 10.6. The van der Waals surface area contributed by atoms with Gasteiger partial charge in [-0.05, 0) is 25.3 Å². The van der Waals surface area contributed by atoms with E-state index < -0.39 is 10.8 Å². The summed E-state index contributed by atoms with van der Waals surface area (Å²) in [5, 5.41) is 13.3. The fourth-order valence-electron chi connectivity index (χ4n) is 2.15. The average Bonchev–Trinajstić information content (AvgIpc) is 2.52. The van der Waals surface area contributed by atoms with Crippen LogP contribution in [0.4, 0.5) is 11.4 Å². The van der Waals surface area contributed by atoms with Crippen molar-refractivity contribution in [1.29, 1.82) is 0 Å². The van der Waals surface area contributed by atoms with E-state index in [9.17, 15) is 14.9 Å². The first kappa shape index (κ1) is 16.2. The lowest BCUT2D eigenvalue weighted by molar-refractivity contribution is -0.384. The molecule has 1 aliphatic rings. The fourth-order valence-corrected chi connectivity index (χ4v) is 2.15. The topological polar surface area (TPSA) is 117 Å². The number of carbonyl (C=O) groups is 1. The van der Waals surface area contributed by atoms with E-state index in [1.807, 2.05) is 0 Å². The second kappa shape index (κ2) is 7.71. The van der Waals surface area contributed by atoms with Crippen molar-refractivity contribution in [2.75, 3.05) is 25.5 Å². The standard InChI is InChI=1S/C14H19N3O5/c15-12-5-4-10(17(19)20)9-11(12)14(18)16-6-8-22-13-3-1-2-7-21-13/h4-5,9,13H,1-3,6-8,15H2,(H,16,18). The maximum Gasteiger partial charge on any atom is 0.270 e. The molecule has 2 rings (SSSR count). The molecule has 3 N–H and O–H groups in total. The number of hydrogen-bond acceptors (Lipinski definition) is 6. The quantitative estimate of drug-likeness (QED) is 0.355. The molecule has 0 radical (unpaired) electrons. The van der Waals surface area contributed by atoms with Crippen molar-refractivity contribution in [3.8, 4) is 0 Å². The highest BCUT2D eigenvalue weighted by atomic mass is 16.7. The Balaban J connectivity index is 1.81. The molecule has 1 aliphatic heterocycles. The Morgan fingerprint density at radius 1 is 1.50 bits per heavy atom. The zero-order valence-corrected chi connectivity index (χ0v) is 12.1. The van der Waals surface area contributed by atoms with Crippen LogP contribution in [0.3, 0.4) is 0 Å². The van der Waals surface area contributed by atoms with Crippen molar-refractivity contribution in [2.45, 2.75) is 25.6 Å². The summed E-state index contributed by atoms with van der Waals surface area (Å²) in [5.41, 5.74) is 5.78. The zero-order valence-electron chi connectivity index (χ0n) is 12.1. The van der Waals surface area contributed by atoms with Gasteiger partial charge in [0.2, 0.25) is 0 Å². The number of amides is 1. The van der Waals surface area contributed by atoms with E-state index in [-0.39, 0.29) is 29.8 Å². The molecule has 1 heterocycles. The summed E-state index contributed by atoms with van der Waals surface area (Å²) in [6, 6.07) is 3.77. The van der Waals surface area contributed by atoms with Crippen molar-refractivity contribution in [3.05, 3.63) is 33.9 Å². The van der Waals surface area contributed by atoms with Crippen LogP contribution in [-0.4, -0.2) is 36.9 Å². The third-order valence-electron chi connectivity index (χ3n) is 3.32. The van der Waals surface area contributed by atoms with E-state index in [0.717, 1.165) is 25.3 Å². The van der Waals surface area contributed by atoms with Gasteiger partial charge in [0.25, 0.3) is 11.6 Å². The van der Waals surface area contributed by atoms with Gasteiger partial charge in [-0.2, -0.15) is 0 Å². The summed E-state index contributed by atoms with van der Waals surface area (Å²) in [6.45, 7) is 1.29. The lowest BCUT2D eigenvalue weighted by Crippen LogP contribution is -2.31.